The van der Waals surface area contributed by atoms with E-state index in [0.29, 0.717) is 12.8 Å². The van der Waals surface area contributed by atoms with Gasteiger partial charge in [-0.25, -0.2) is 4.79 Å². The van der Waals surface area contributed by atoms with Crippen LogP contribution in [0.1, 0.15) is 41.1 Å². The molecular weight excluding hydrogens is 314 g/mol. The van der Waals surface area contributed by atoms with E-state index in [2.05, 4.69) is 24.3 Å². The first-order valence-corrected chi connectivity index (χ1v) is 8.75. The van der Waals surface area contributed by atoms with E-state index in [4.69, 9.17) is 4.74 Å². The molecule has 25 heavy (non-hydrogen) atoms. The number of ether oxygens (including phenoxy) is 1. The number of carbonyl (C=O) groups is 2. The molecule has 1 unspecified atom stereocenters. The number of benzene rings is 2. The number of nitrogens with zero attached hydrogens (tertiary/aromatic N) is 1. The van der Waals surface area contributed by atoms with Crippen LogP contribution in [-0.4, -0.2) is 29.9 Å². The summed E-state index contributed by atoms with van der Waals surface area (Å²) in [5.74, 6) is -0.308. The van der Waals surface area contributed by atoms with Gasteiger partial charge in [-0.1, -0.05) is 48.5 Å². The molecule has 0 N–H and O–H groups in total. The minimum absolute atomic E-state index is 0.0203. The number of methoxy groups -OCH3 is 1. The smallest absolute Gasteiger partial charge is 0.328 e. The quantitative estimate of drug-likeness (QED) is 0.793. The zero-order chi connectivity index (χ0) is 17.4. The molecule has 0 bridgehead atoms. The van der Waals surface area contributed by atoms with Crippen LogP contribution in [0.5, 0.6) is 0 Å². The van der Waals surface area contributed by atoms with Crippen molar-refractivity contribution in [3.05, 3.63) is 70.8 Å². The Bertz CT molecular complexity index is 782. The van der Waals surface area contributed by atoms with Crippen molar-refractivity contribution in [3.63, 3.8) is 0 Å². The molecule has 1 aliphatic heterocycles. The van der Waals surface area contributed by atoms with Gasteiger partial charge in [0.25, 0.3) is 0 Å². The molecule has 1 saturated heterocycles. The standard InChI is InChI=1S/C21H21NO3/c1-25-21(24)18-12-13-19(23)22(18)20-16-8-4-2-6-14(16)10-11-15-7-3-5-9-17(15)20/h2-9,18,20H,10-13H2,1H3. The maximum Gasteiger partial charge on any atom is 0.328 e. The molecule has 4 rings (SSSR count). The van der Waals surface area contributed by atoms with Gasteiger partial charge >= 0.3 is 5.97 Å². The van der Waals surface area contributed by atoms with Gasteiger partial charge in [0.2, 0.25) is 5.91 Å². The molecule has 0 aromatic heterocycles. The van der Waals surface area contributed by atoms with Crippen molar-refractivity contribution in [2.45, 2.75) is 37.8 Å². The number of carbonyl (C=O) groups excluding carboxylic acids is 2. The van der Waals surface area contributed by atoms with E-state index in [1.54, 1.807) is 4.90 Å². The van der Waals surface area contributed by atoms with E-state index in [9.17, 15) is 9.59 Å². The van der Waals surface area contributed by atoms with Crippen molar-refractivity contribution in [1.29, 1.82) is 0 Å². The third-order valence-electron chi connectivity index (χ3n) is 5.37. The topological polar surface area (TPSA) is 46.6 Å². The van der Waals surface area contributed by atoms with E-state index in [0.717, 1.165) is 24.0 Å². The van der Waals surface area contributed by atoms with Crippen LogP contribution in [0.25, 0.3) is 0 Å². The molecule has 1 heterocycles. The zero-order valence-corrected chi connectivity index (χ0v) is 14.3. The van der Waals surface area contributed by atoms with E-state index in [1.807, 2.05) is 24.3 Å². The van der Waals surface area contributed by atoms with Crippen LogP contribution in [-0.2, 0) is 27.2 Å². The van der Waals surface area contributed by atoms with Gasteiger partial charge in [-0.3, -0.25) is 4.79 Å². The van der Waals surface area contributed by atoms with Crippen LogP contribution in [0.4, 0.5) is 0 Å². The fraction of sp³-hybridized carbons (Fsp3) is 0.333. The number of aryl methyl sites for hydroxylation is 2. The third-order valence-corrected chi connectivity index (χ3v) is 5.37. The predicted molar refractivity (Wildman–Crippen MR) is 94.0 cm³/mol. The van der Waals surface area contributed by atoms with Crippen LogP contribution in [0.15, 0.2) is 48.5 Å². The number of likely N-dealkylation sites (tertiary alicyclic amines) is 1. The molecule has 2 aliphatic rings. The minimum Gasteiger partial charge on any atom is -0.467 e. The second-order valence-electron chi connectivity index (χ2n) is 6.68. The van der Waals surface area contributed by atoms with Gasteiger partial charge in [-0.15, -0.1) is 0 Å². The lowest BCUT2D eigenvalue weighted by Crippen LogP contribution is -2.42. The molecule has 0 spiro atoms. The predicted octanol–water partition coefficient (Wildman–Crippen LogP) is 3.04. The number of hydrogen-bond acceptors (Lipinski definition) is 3. The van der Waals surface area contributed by atoms with E-state index < -0.39 is 6.04 Å². The first kappa shape index (κ1) is 15.9. The van der Waals surface area contributed by atoms with Crippen LogP contribution in [0.2, 0.25) is 0 Å². The fourth-order valence-electron chi connectivity index (χ4n) is 4.19. The van der Waals surface area contributed by atoms with Crippen molar-refractivity contribution in [3.8, 4) is 0 Å². The SMILES string of the molecule is COC(=O)C1CCC(=O)N1C1c2ccccc2CCc2ccccc21. The summed E-state index contributed by atoms with van der Waals surface area (Å²) < 4.78 is 4.98. The average molecular weight is 335 g/mol. The van der Waals surface area contributed by atoms with Crippen molar-refractivity contribution in [2.24, 2.45) is 0 Å². The molecule has 4 nitrogen and oxygen atoms in total. The van der Waals surface area contributed by atoms with Crippen LogP contribution in [0.3, 0.4) is 0 Å². The van der Waals surface area contributed by atoms with Crippen molar-refractivity contribution < 1.29 is 14.3 Å². The maximum absolute atomic E-state index is 12.8. The lowest BCUT2D eigenvalue weighted by molar-refractivity contribution is -0.150. The van der Waals surface area contributed by atoms with Crippen molar-refractivity contribution >= 4 is 11.9 Å². The summed E-state index contributed by atoms with van der Waals surface area (Å²) in [4.78, 5) is 26.8. The number of fused-ring (bicyclic) bond motifs is 2. The Morgan fingerprint density at radius 2 is 1.52 bits per heavy atom. The van der Waals surface area contributed by atoms with Gasteiger partial charge in [0, 0.05) is 6.42 Å². The van der Waals surface area contributed by atoms with Gasteiger partial charge in [0.15, 0.2) is 0 Å². The van der Waals surface area contributed by atoms with Crippen LogP contribution < -0.4 is 0 Å². The number of rotatable bonds is 2. The maximum atomic E-state index is 12.8. The highest BCUT2D eigenvalue weighted by Crippen LogP contribution is 2.40. The van der Waals surface area contributed by atoms with Gasteiger partial charge in [0.05, 0.1) is 13.2 Å². The summed E-state index contributed by atoms with van der Waals surface area (Å²) >= 11 is 0. The molecule has 1 amide bonds. The highest BCUT2D eigenvalue weighted by atomic mass is 16.5. The molecule has 4 heteroatoms. The second-order valence-corrected chi connectivity index (χ2v) is 6.68. The van der Waals surface area contributed by atoms with Gasteiger partial charge < -0.3 is 9.64 Å². The second kappa shape index (κ2) is 6.36. The Hall–Kier alpha value is -2.62. The summed E-state index contributed by atoms with van der Waals surface area (Å²) in [6, 6.07) is 15.8. The Kier molecular flexibility index (Phi) is 4.04. The molecule has 1 atom stereocenters. The summed E-state index contributed by atoms with van der Waals surface area (Å²) in [6.07, 6.45) is 2.79. The average Bonchev–Trinajstić information content (AvgIpc) is 2.94. The Labute approximate surface area is 147 Å². The monoisotopic (exact) mass is 335 g/mol. The van der Waals surface area contributed by atoms with Crippen LogP contribution >= 0.6 is 0 Å². The molecular formula is C21H21NO3. The Morgan fingerprint density at radius 3 is 2.08 bits per heavy atom. The van der Waals surface area contributed by atoms with Crippen molar-refractivity contribution in [2.75, 3.05) is 7.11 Å². The molecule has 0 saturated carbocycles. The summed E-state index contributed by atoms with van der Waals surface area (Å²) in [5.41, 5.74) is 4.73. The first-order chi connectivity index (χ1) is 12.2. The third kappa shape index (κ3) is 2.62. The largest absolute Gasteiger partial charge is 0.467 e. The number of hydrogen-bond donors (Lipinski definition) is 0. The number of esters is 1. The Balaban J connectivity index is 1.90. The number of amides is 1. The lowest BCUT2D eigenvalue weighted by Gasteiger charge is -2.33. The van der Waals surface area contributed by atoms with Gasteiger partial charge in [0.1, 0.15) is 6.04 Å². The summed E-state index contributed by atoms with van der Waals surface area (Å²) in [6.45, 7) is 0. The molecule has 1 aliphatic carbocycles. The molecule has 1 fully saturated rings. The van der Waals surface area contributed by atoms with Gasteiger partial charge in [-0.05, 0) is 41.5 Å². The highest BCUT2D eigenvalue weighted by Gasteiger charge is 2.43. The summed E-state index contributed by atoms with van der Waals surface area (Å²) in [7, 11) is 1.39. The summed E-state index contributed by atoms with van der Waals surface area (Å²) in [5, 5.41) is 0. The van der Waals surface area contributed by atoms with E-state index in [1.165, 1.54) is 18.2 Å². The Morgan fingerprint density at radius 1 is 0.960 bits per heavy atom. The highest BCUT2D eigenvalue weighted by molar-refractivity contribution is 5.89. The lowest BCUT2D eigenvalue weighted by atomic mass is 9.92. The molecule has 2 aromatic carbocycles. The fourth-order valence-corrected chi connectivity index (χ4v) is 4.19. The molecule has 0 radical (unpaired) electrons. The normalized spacial score (nSPS) is 20.0. The van der Waals surface area contributed by atoms with E-state index >= 15 is 0 Å². The minimum atomic E-state index is -0.512. The van der Waals surface area contributed by atoms with Gasteiger partial charge in [-0.2, -0.15) is 0 Å². The van der Waals surface area contributed by atoms with Crippen LogP contribution in [0, 0.1) is 0 Å². The zero-order valence-electron chi connectivity index (χ0n) is 14.3. The van der Waals surface area contributed by atoms with E-state index in [-0.39, 0.29) is 17.9 Å². The molecule has 128 valence electrons. The first-order valence-electron chi connectivity index (χ1n) is 8.75. The molecule has 2 aromatic rings. The van der Waals surface area contributed by atoms with Crippen molar-refractivity contribution in [1.82, 2.24) is 4.90 Å².